The summed E-state index contributed by atoms with van der Waals surface area (Å²) in [7, 11) is 0. The summed E-state index contributed by atoms with van der Waals surface area (Å²) in [6.07, 6.45) is 0.648. The molecule has 1 heterocycles. The lowest BCUT2D eigenvalue weighted by Gasteiger charge is -2.40. The van der Waals surface area contributed by atoms with Crippen LogP contribution >= 0.6 is 0 Å². The molecule has 2 N–H and O–H groups in total. The van der Waals surface area contributed by atoms with Crippen molar-refractivity contribution in [3.8, 4) is 11.1 Å². The molecule has 2 amide bonds. The second kappa shape index (κ2) is 9.49. The monoisotopic (exact) mass is 464 g/mol. The number of ether oxygens (including phenoxy) is 1. The second-order valence-corrected chi connectivity index (χ2v) is 9.98. The van der Waals surface area contributed by atoms with Gasteiger partial charge >= 0.3 is 12.1 Å². The summed E-state index contributed by atoms with van der Waals surface area (Å²) in [5, 5.41) is 12.1. The number of nitrogens with zero attached hydrogens (tertiary/aromatic N) is 1. The number of carbonyl (C=O) groups excluding carboxylic acids is 2. The van der Waals surface area contributed by atoms with Gasteiger partial charge in [0.25, 0.3) is 0 Å². The third-order valence-electron chi connectivity index (χ3n) is 7.09. The molecule has 180 valence electrons. The number of piperidine rings is 1. The zero-order valence-electron chi connectivity index (χ0n) is 19.9. The summed E-state index contributed by atoms with van der Waals surface area (Å²) in [4.78, 5) is 38.8. The van der Waals surface area contributed by atoms with Gasteiger partial charge < -0.3 is 20.1 Å². The van der Waals surface area contributed by atoms with Crippen LogP contribution in [0.5, 0.6) is 0 Å². The molecule has 1 aliphatic heterocycles. The molecule has 0 saturated carbocycles. The molecule has 1 fully saturated rings. The molecule has 0 spiro atoms. The molecule has 2 unspecified atom stereocenters. The van der Waals surface area contributed by atoms with Crippen LogP contribution in [0, 0.1) is 11.3 Å². The lowest BCUT2D eigenvalue weighted by atomic mass is 9.87. The van der Waals surface area contributed by atoms with Crippen LogP contribution in [-0.2, 0) is 14.3 Å². The van der Waals surface area contributed by atoms with Gasteiger partial charge in [-0.15, -0.1) is 0 Å². The highest BCUT2D eigenvalue weighted by molar-refractivity contribution is 5.84. The third kappa shape index (κ3) is 4.65. The van der Waals surface area contributed by atoms with Crippen molar-refractivity contribution < 1.29 is 24.2 Å². The molecule has 0 aromatic heterocycles. The van der Waals surface area contributed by atoms with Crippen LogP contribution in [0.3, 0.4) is 0 Å². The minimum atomic E-state index is -0.889. The highest BCUT2D eigenvalue weighted by atomic mass is 16.5. The smallest absolute Gasteiger partial charge is 0.407 e. The van der Waals surface area contributed by atoms with E-state index in [0.717, 1.165) is 22.3 Å². The molecule has 1 saturated heterocycles. The van der Waals surface area contributed by atoms with Crippen LogP contribution in [-0.4, -0.2) is 53.7 Å². The maximum Gasteiger partial charge on any atom is 0.407 e. The van der Waals surface area contributed by atoms with Gasteiger partial charge in [-0.2, -0.15) is 0 Å². The molecule has 2 aromatic carbocycles. The molecule has 4 rings (SSSR count). The number of hydrogen-bond acceptors (Lipinski definition) is 4. The standard InChI is InChI=1S/C27H32N2O5/c1-17-12-13-18(24(30)31)14-29(17)25(32)27(2,3)16-28-26(33)34-15-23-21-10-6-4-8-19(21)20-9-5-7-11-22(20)23/h4-11,17-18,23H,12-16H2,1-3H3,(H,28,33)(H,30,31). The number of aliphatic carboxylic acids is 1. The predicted octanol–water partition coefficient (Wildman–Crippen LogP) is 4.26. The Labute approximate surface area is 200 Å². The maximum absolute atomic E-state index is 13.2. The molecule has 0 radical (unpaired) electrons. The van der Waals surface area contributed by atoms with Gasteiger partial charge in [0.2, 0.25) is 5.91 Å². The number of carboxylic acid groups (broad SMARTS) is 1. The zero-order valence-corrected chi connectivity index (χ0v) is 19.9. The first-order chi connectivity index (χ1) is 16.2. The summed E-state index contributed by atoms with van der Waals surface area (Å²) < 4.78 is 5.58. The third-order valence-corrected chi connectivity index (χ3v) is 7.09. The quantitative estimate of drug-likeness (QED) is 0.666. The number of hydrogen-bond donors (Lipinski definition) is 2. The van der Waals surface area contributed by atoms with E-state index in [0.29, 0.717) is 12.8 Å². The predicted molar refractivity (Wildman–Crippen MR) is 128 cm³/mol. The average Bonchev–Trinajstić information content (AvgIpc) is 3.15. The number of benzene rings is 2. The Morgan fingerprint density at radius 1 is 1.03 bits per heavy atom. The van der Waals surface area contributed by atoms with E-state index in [1.54, 1.807) is 18.7 Å². The van der Waals surface area contributed by atoms with Crippen molar-refractivity contribution in [1.29, 1.82) is 0 Å². The van der Waals surface area contributed by atoms with Crippen LogP contribution in [0.2, 0.25) is 0 Å². The topological polar surface area (TPSA) is 95.9 Å². The van der Waals surface area contributed by atoms with Gasteiger partial charge in [-0.05, 0) is 55.9 Å². The second-order valence-electron chi connectivity index (χ2n) is 9.98. The van der Waals surface area contributed by atoms with Gasteiger partial charge in [-0.1, -0.05) is 48.5 Å². The largest absolute Gasteiger partial charge is 0.481 e. The van der Waals surface area contributed by atoms with Crippen molar-refractivity contribution in [1.82, 2.24) is 10.2 Å². The Hall–Kier alpha value is -3.35. The van der Waals surface area contributed by atoms with E-state index in [1.807, 2.05) is 31.2 Å². The fourth-order valence-electron chi connectivity index (χ4n) is 5.00. The molecule has 2 atom stereocenters. The maximum atomic E-state index is 13.2. The molecular weight excluding hydrogens is 432 g/mol. The number of fused-ring (bicyclic) bond motifs is 3. The van der Waals surface area contributed by atoms with Crippen LogP contribution in [0.25, 0.3) is 11.1 Å². The van der Waals surface area contributed by atoms with E-state index in [1.165, 1.54) is 0 Å². The summed E-state index contributed by atoms with van der Waals surface area (Å²) in [6.45, 7) is 5.96. The summed E-state index contributed by atoms with van der Waals surface area (Å²) in [5.74, 6) is -1.62. The minimum absolute atomic E-state index is 0.0307. The van der Waals surface area contributed by atoms with Gasteiger partial charge in [0.1, 0.15) is 6.61 Å². The Bertz CT molecular complexity index is 1050. The van der Waals surface area contributed by atoms with E-state index in [-0.39, 0.29) is 37.6 Å². The summed E-state index contributed by atoms with van der Waals surface area (Å²) >= 11 is 0. The summed E-state index contributed by atoms with van der Waals surface area (Å²) in [5.41, 5.74) is 3.71. The van der Waals surface area contributed by atoms with Crippen molar-refractivity contribution in [2.24, 2.45) is 11.3 Å². The number of carboxylic acids is 1. The minimum Gasteiger partial charge on any atom is -0.481 e. The molecule has 7 nitrogen and oxygen atoms in total. The Morgan fingerprint density at radius 3 is 2.21 bits per heavy atom. The molecule has 1 aliphatic carbocycles. The van der Waals surface area contributed by atoms with Crippen molar-refractivity contribution in [3.63, 3.8) is 0 Å². The lowest BCUT2D eigenvalue weighted by Crippen LogP contribution is -2.54. The Balaban J connectivity index is 1.35. The van der Waals surface area contributed by atoms with E-state index in [9.17, 15) is 19.5 Å². The van der Waals surface area contributed by atoms with Gasteiger partial charge in [0.15, 0.2) is 0 Å². The lowest BCUT2D eigenvalue weighted by molar-refractivity contribution is -0.150. The van der Waals surface area contributed by atoms with E-state index in [4.69, 9.17) is 4.74 Å². The van der Waals surface area contributed by atoms with Gasteiger partial charge in [-0.25, -0.2) is 4.79 Å². The van der Waals surface area contributed by atoms with E-state index in [2.05, 4.69) is 29.6 Å². The first-order valence-corrected chi connectivity index (χ1v) is 11.8. The number of likely N-dealkylation sites (tertiary alicyclic amines) is 1. The first-order valence-electron chi connectivity index (χ1n) is 11.8. The highest BCUT2D eigenvalue weighted by Gasteiger charge is 2.39. The number of amides is 2. The molecular formula is C27H32N2O5. The fraction of sp³-hybridized carbons (Fsp3) is 0.444. The van der Waals surface area contributed by atoms with Gasteiger partial charge in [0, 0.05) is 25.0 Å². The van der Waals surface area contributed by atoms with Crippen LogP contribution < -0.4 is 5.32 Å². The molecule has 0 bridgehead atoms. The Kier molecular flexibility index (Phi) is 6.64. The molecule has 34 heavy (non-hydrogen) atoms. The van der Waals surface area contributed by atoms with E-state index >= 15 is 0 Å². The molecule has 2 aromatic rings. The Morgan fingerprint density at radius 2 is 1.62 bits per heavy atom. The summed E-state index contributed by atoms with van der Waals surface area (Å²) in [6, 6.07) is 16.2. The van der Waals surface area contributed by atoms with E-state index < -0.39 is 23.4 Å². The normalized spacial score (nSPS) is 19.8. The van der Waals surface area contributed by atoms with Crippen molar-refractivity contribution >= 4 is 18.0 Å². The van der Waals surface area contributed by atoms with Crippen molar-refractivity contribution in [3.05, 3.63) is 59.7 Å². The highest BCUT2D eigenvalue weighted by Crippen LogP contribution is 2.44. The number of carbonyl (C=O) groups is 3. The van der Waals surface area contributed by atoms with Crippen molar-refractivity contribution in [2.75, 3.05) is 19.7 Å². The number of nitrogens with one attached hydrogen (secondary N) is 1. The number of rotatable bonds is 6. The van der Waals surface area contributed by atoms with Gasteiger partial charge in [-0.3, -0.25) is 9.59 Å². The van der Waals surface area contributed by atoms with Crippen molar-refractivity contribution in [2.45, 2.75) is 45.6 Å². The van der Waals surface area contributed by atoms with Gasteiger partial charge in [0.05, 0.1) is 11.3 Å². The molecule has 7 heteroatoms. The van der Waals surface area contributed by atoms with Crippen LogP contribution in [0.4, 0.5) is 4.79 Å². The number of alkyl carbamates (subject to hydrolysis) is 1. The zero-order chi connectivity index (χ0) is 24.5. The molecule has 2 aliphatic rings. The SMILES string of the molecule is CC1CCC(C(=O)O)CN1C(=O)C(C)(C)CNC(=O)OCC1c2ccccc2-c2ccccc21. The fourth-order valence-corrected chi connectivity index (χ4v) is 5.00. The first kappa shape index (κ1) is 23.8. The van der Waals surface area contributed by atoms with Crippen LogP contribution in [0.1, 0.15) is 50.7 Å². The van der Waals surface area contributed by atoms with Crippen LogP contribution in [0.15, 0.2) is 48.5 Å². The average molecular weight is 465 g/mol.